The lowest BCUT2D eigenvalue weighted by Gasteiger charge is -2.29. The van der Waals surface area contributed by atoms with Gasteiger partial charge in [-0.25, -0.2) is 4.79 Å². The summed E-state index contributed by atoms with van der Waals surface area (Å²) >= 11 is 3.49. The summed E-state index contributed by atoms with van der Waals surface area (Å²) in [5.41, 5.74) is 2.02. The van der Waals surface area contributed by atoms with Gasteiger partial charge in [-0.15, -0.1) is 0 Å². The van der Waals surface area contributed by atoms with Gasteiger partial charge in [0.2, 0.25) is 0 Å². The minimum atomic E-state index is -0.939. The van der Waals surface area contributed by atoms with Crippen molar-refractivity contribution in [1.82, 2.24) is 0 Å². The lowest BCUT2D eigenvalue weighted by Crippen LogP contribution is -2.32. The number of hydrogen-bond acceptors (Lipinski definition) is 2. The van der Waals surface area contributed by atoms with Crippen LogP contribution in [0.4, 0.5) is 5.69 Å². The molecular weight excluding hydrogens is 306 g/mol. The maximum Gasteiger partial charge on any atom is 0.328 e. The van der Waals surface area contributed by atoms with E-state index in [-0.39, 0.29) is 0 Å². The van der Waals surface area contributed by atoms with Gasteiger partial charge in [0, 0.05) is 28.8 Å². The second-order valence-corrected chi connectivity index (χ2v) is 5.28. The summed E-state index contributed by atoms with van der Waals surface area (Å²) in [5, 5.41) is 8.64. The molecule has 1 atom stereocenters. The van der Waals surface area contributed by atoms with Crippen LogP contribution in [0.2, 0.25) is 0 Å². The summed E-state index contributed by atoms with van der Waals surface area (Å²) in [7, 11) is 0. The Bertz CT molecular complexity index is 471. The molecule has 0 aliphatic carbocycles. The molecule has 0 heterocycles. The van der Waals surface area contributed by atoms with Gasteiger partial charge in [0.05, 0.1) is 0 Å². The number of carboxylic acids is 1. The number of rotatable bonds is 6. The predicted molar refractivity (Wildman–Crippen MR) is 83.6 cm³/mol. The van der Waals surface area contributed by atoms with E-state index in [1.165, 1.54) is 0 Å². The Morgan fingerprint density at radius 1 is 1.47 bits per heavy atom. The first-order valence-electron chi connectivity index (χ1n) is 6.46. The molecule has 0 aromatic heterocycles. The van der Waals surface area contributed by atoms with Crippen molar-refractivity contribution in [2.24, 2.45) is 0 Å². The lowest BCUT2D eigenvalue weighted by atomic mass is 10.1. The minimum absolute atomic E-state index is 0.484. The predicted octanol–water partition coefficient (Wildman–Crippen LogP) is 4.17. The molecule has 1 aromatic carbocycles. The van der Waals surface area contributed by atoms with Gasteiger partial charge in [0.1, 0.15) is 0 Å². The van der Waals surface area contributed by atoms with Gasteiger partial charge in [-0.1, -0.05) is 28.9 Å². The molecule has 1 unspecified atom stereocenters. The van der Waals surface area contributed by atoms with Gasteiger partial charge in [-0.2, -0.15) is 0 Å². The van der Waals surface area contributed by atoms with Crippen molar-refractivity contribution in [3.05, 3.63) is 34.3 Å². The Balaban J connectivity index is 3.01. The fourth-order valence-corrected chi connectivity index (χ4v) is 2.46. The molecule has 19 heavy (non-hydrogen) atoms. The summed E-state index contributed by atoms with van der Waals surface area (Å²) in [5.74, 6) is -0.939. The highest BCUT2D eigenvalue weighted by atomic mass is 79.9. The second kappa shape index (κ2) is 7.34. The summed E-state index contributed by atoms with van der Waals surface area (Å²) in [6, 6.07) is 6.49. The number of anilines is 1. The monoisotopic (exact) mass is 325 g/mol. The fraction of sp³-hybridized carbons (Fsp3) is 0.400. The molecule has 0 aliphatic rings. The number of carboxylic acid groups (broad SMARTS) is 1. The zero-order valence-corrected chi connectivity index (χ0v) is 13.1. The molecule has 0 fully saturated rings. The van der Waals surface area contributed by atoms with Crippen LogP contribution in [0.15, 0.2) is 28.7 Å². The molecule has 0 bridgehead atoms. The normalized spacial score (nSPS) is 12.6. The average Bonchev–Trinajstić information content (AvgIpc) is 2.38. The van der Waals surface area contributed by atoms with Gasteiger partial charge in [-0.05, 0) is 44.0 Å². The van der Waals surface area contributed by atoms with E-state index >= 15 is 0 Å². The topological polar surface area (TPSA) is 40.5 Å². The van der Waals surface area contributed by atoms with Crippen molar-refractivity contribution in [1.29, 1.82) is 0 Å². The summed E-state index contributed by atoms with van der Waals surface area (Å²) in [6.45, 7) is 7.46. The zero-order valence-electron chi connectivity index (χ0n) is 11.6. The summed E-state index contributed by atoms with van der Waals surface area (Å²) in [4.78, 5) is 12.9. The minimum Gasteiger partial charge on any atom is -0.478 e. The van der Waals surface area contributed by atoms with Crippen LogP contribution in [0, 0.1) is 0 Å². The van der Waals surface area contributed by atoms with E-state index in [2.05, 4.69) is 41.6 Å². The quantitative estimate of drug-likeness (QED) is 0.798. The van der Waals surface area contributed by atoms with Crippen LogP contribution in [-0.2, 0) is 4.79 Å². The third kappa shape index (κ3) is 4.39. The van der Waals surface area contributed by atoms with Crippen LogP contribution >= 0.6 is 15.9 Å². The molecule has 104 valence electrons. The highest BCUT2D eigenvalue weighted by molar-refractivity contribution is 9.10. The van der Waals surface area contributed by atoms with E-state index in [1.54, 1.807) is 6.08 Å². The number of halogens is 1. The number of carbonyl (C=O) groups is 1. The molecule has 1 N–H and O–H groups in total. The molecule has 1 rings (SSSR count). The Morgan fingerprint density at radius 2 is 2.16 bits per heavy atom. The van der Waals surface area contributed by atoms with E-state index < -0.39 is 5.97 Å². The molecular formula is C15H20BrNO2. The third-order valence-corrected chi connectivity index (χ3v) is 3.87. The Labute approximate surface area is 123 Å². The van der Waals surface area contributed by atoms with Crippen LogP contribution in [-0.4, -0.2) is 23.7 Å². The Hall–Kier alpha value is -1.29. The van der Waals surface area contributed by atoms with E-state index in [0.29, 0.717) is 6.04 Å². The summed E-state index contributed by atoms with van der Waals surface area (Å²) < 4.78 is 0.907. The van der Waals surface area contributed by atoms with Gasteiger partial charge >= 0.3 is 5.97 Å². The third-order valence-electron chi connectivity index (χ3n) is 3.18. The van der Waals surface area contributed by atoms with Crippen LogP contribution in [0.1, 0.15) is 32.8 Å². The lowest BCUT2D eigenvalue weighted by molar-refractivity contribution is -0.131. The summed E-state index contributed by atoms with van der Waals surface area (Å²) in [6.07, 6.45) is 3.83. The SMILES string of the molecule is CCC(C)N(CC)c1ccc(/C=C/C(=O)O)c(Br)c1. The second-order valence-electron chi connectivity index (χ2n) is 4.42. The number of nitrogens with zero attached hydrogens (tertiary/aromatic N) is 1. The van der Waals surface area contributed by atoms with Gasteiger partial charge < -0.3 is 10.0 Å². The van der Waals surface area contributed by atoms with E-state index in [1.807, 2.05) is 18.2 Å². The largest absolute Gasteiger partial charge is 0.478 e. The molecule has 0 saturated heterocycles. The maximum absolute atomic E-state index is 10.5. The fourth-order valence-electron chi connectivity index (χ4n) is 1.96. The first-order chi connectivity index (χ1) is 8.99. The first kappa shape index (κ1) is 15.8. The van der Waals surface area contributed by atoms with Gasteiger partial charge in [-0.3, -0.25) is 0 Å². The molecule has 0 aliphatic heterocycles. The van der Waals surface area contributed by atoms with Crippen LogP contribution < -0.4 is 4.90 Å². The van der Waals surface area contributed by atoms with Crippen molar-refractivity contribution in [2.75, 3.05) is 11.4 Å². The zero-order chi connectivity index (χ0) is 14.4. The Morgan fingerprint density at radius 3 is 2.63 bits per heavy atom. The molecule has 0 saturated carbocycles. The molecule has 1 aromatic rings. The number of aliphatic carboxylic acids is 1. The number of benzene rings is 1. The maximum atomic E-state index is 10.5. The van der Waals surface area contributed by atoms with Crippen molar-refractivity contribution < 1.29 is 9.90 Å². The van der Waals surface area contributed by atoms with E-state index in [4.69, 9.17) is 5.11 Å². The average molecular weight is 326 g/mol. The van der Waals surface area contributed by atoms with Gasteiger partial charge in [0.25, 0.3) is 0 Å². The van der Waals surface area contributed by atoms with Gasteiger partial charge in [0.15, 0.2) is 0 Å². The highest BCUT2D eigenvalue weighted by Crippen LogP contribution is 2.26. The van der Waals surface area contributed by atoms with Crippen LogP contribution in [0.5, 0.6) is 0 Å². The molecule has 3 nitrogen and oxygen atoms in total. The smallest absolute Gasteiger partial charge is 0.328 e. The molecule has 4 heteroatoms. The number of hydrogen-bond donors (Lipinski definition) is 1. The first-order valence-corrected chi connectivity index (χ1v) is 7.26. The Kier molecular flexibility index (Phi) is 6.09. The van der Waals surface area contributed by atoms with E-state index in [9.17, 15) is 4.79 Å². The molecule has 0 amide bonds. The van der Waals surface area contributed by atoms with Crippen molar-refractivity contribution >= 4 is 33.7 Å². The van der Waals surface area contributed by atoms with Crippen LogP contribution in [0.25, 0.3) is 6.08 Å². The molecule has 0 radical (unpaired) electrons. The molecule has 0 spiro atoms. The van der Waals surface area contributed by atoms with Crippen molar-refractivity contribution in [3.63, 3.8) is 0 Å². The van der Waals surface area contributed by atoms with Crippen molar-refractivity contribution in [2.45, 2.75) is 33.2 Å². The van der Waals surface area contributed by atoms with Crippen LogP contribution in [0.3, 0.4) is 0 Å². The highest BCUT2D eigenvalue weighted by Gasteiger charge is 2.11. The van der Waals surface area contributed by atoms with Crippen molar-refractivity contribution in [3.8, 4) is 0 Å². The van der Waals surface area contributed by atoms with E-state index in [0.717, 1.165) is 34.8 Å². The standard InChI is InChI=1S/C15H20BrNO2/c1-4-11(3)17(5-2)13-8-6-12(14(16)10-13)7-9-15(18)19/h6-11H,4-5H2,1-3H3,(H,18,19)/b9-7+.